The Bertz CT molecular complexity index is 1360. The Balaban J connectivity index is 1.44. The van der Waals surface area contributed by atoms with Gasteiger partial charge in [0.2, 0.25) is 0 Å². The summed E-state index contributed by atoms with van der Waals surface area (Å²) in [5, 5.41) is 6.11. The van der Waals surface area contributed by atoms with Gasteiger partial charge in [-0.2, -0.15) is 13.2 Å². The molecule has 5 rings (SSSR count). The summed E-state index contributed by atoms with van der Waals surface area (Å²) < 4.78 is 40.9. The number of nitrogens with zero attached hydrogens (tertiary/aromatic N) is 3. The van der Waals surface area contributed by atoms with E-state index in [1.807, 2.05) is 29.9 Å². The fourth-order valence-corrected chi connectivity index (χ4v) is 3.62. The lowest BCUT2D eigenvalue weighted by Crippen LogP contribution is -2.14. The van der Waals surface area contributed by atoms with E-state index >= 15 is 0 Å². The standard InChI is InChI=1S/C24H20F3N5O/c1-32-11-10-19-20(32)22(28-17-8-9-17)31-21(30-19)14-4-3-7-18(13-14)29-23(33)15-5-2-6-16(12-15)24(25,26)27/h2-7,10-13,17H,8-9H2,1H3,(H,29,33)(H,28,30,31). The molecule has 0 radical (unpaired) electrons. The maximum Gasteiger partial charge on any atom is 0.416 e. The van der Waals surface area contributed by atoms with Crippen LogP contribution in [0.4, 0.5) is 24.7 Å². The van der Waals surface area contributed by atoms with Crippen molar-refractivity contribution in [3.63, 3.8) is 0 Å². The molecule has 1 amide bonds. The minimum absolute atomic E-state index is 0.0758. The number of hydrogen-bond donors (Lipinski definition) is 2. The molecule has 0 spiro atoms. The van der Waals surface area contributed by atoms with Crippen LogP contribution in [0.15, 0.2) is 60.8 Å². The van der Waals surface area contributed by atoms with Gasteiger partial charge in [-0.05, 0) is 49.2 Å². The zero-order valence-corrected chi connectivity index (χ0v) is 17.6. The van der Waals surface area contributed by atoms with E-state index in [4.69, 9.17) is 4.98 Å². The van der Waals surface area contributed by atoms with E-state index in [0.717, 1.165) is 41.8 Å². The molecule has 2 heterocycles. The highest BCUT2D eigenvalue weighted by Crippen LogP contribution is 2.32. The number of alkyl halides is 3. The molecule has 0 unspecified atom stereocenters. The molecule has 4 aromatic rings. The predicted molar refractivity (Wildman–Crippen MR) is 120 cm³/mol. The molecule has 6 nitrogen and oxygen atoms in total. The zero-order valence-electron chi connectivity index (χ0n) is 17.6. The summed E-state index contributed by atoms with van der Waals surface area (Å²) in [6, 6.07) is 13.6. The van der Waals surface area contributed by atoms with Crippen molar-refractivity contribution >= 4 is 28.4 Å². The van der Waals surface area contributed by atoms with Crippen molar-refractivity contribution in [3.05, 3.63) is 71.9 Å². The van der Waals surface area contributed by atoms with Crippen LogP contribution < -0.4 is 10.6 Å². The van der Waals surface area contributed by atoms with Crippen molar-refractivity contribution in [1.29, 1.82) is 0 Å². The second-order valence-electron chi connectivity index (χ2n) is 8.09. The topological polar surface area (TPSA) is 71.8 Å². The lowest BCUT2D eigenvalue weighted by Gasteiger charge is -2.11. The highest BCUT2D eigenvalue weighted by Gasteiger charge is 2.31. The minimum atomic E-state index is -4.52. The van der Waals surface area contributed by atoms with Gasteiger partial charge in [0.15, 0.2) is 11.6 Å². The fraction of sp³-hybridized carbons (Fsp3) is 0.208. The van der Waals surface area contributed by atoms with Gasteiger partial charge < -0.3 is 15.2 Å². The van der Waals surface area contributed by atoms with Crippen LogP contribution in [0.5, 0.6) is 0 Å². The van der Waals surface area contributed by atoms with Gasteiger partial charge in [0.05, 0.1) is 11.1 Å². The second-order valence-corrected chi connectivity index (χ2v) is 8.09. The molecule has 2 aromatic heterocycles. The summed E-state index contributed by atoms with van der Waals surface area (Å²) >= 11 is 0. The lowest BCUT2D eigenvalue weighted by molar-refractivity contribution is -0.137. The van der Waals surface area contributed by atoms with E-state index in [1.165, 1.54) is 12.1 Å². The Morgan fingerprint density at radius 3 is 2.61 bits per heavy atom. The molecule has 0 atom stereocenters. The monoisotopic (exact) mass is 451 g/mol. The van der Waals surface area contributed by atoms with Crippen LogP contribution in [-0.4, -0.2) is 26.5 Å². The molecule has 1 fully saturated rings. The molecule has 0 aliphatic heterocycles. The molecule has 1 aliphatic rings. The first-order chi connectivity index (χ1) is 15.8. The van der Waals surface area contributed by atoms with E-state index in [2.05, 4.69) is 15.6 Å². The Kier molecular flexibility index (Phi) is 5.03. The number of halogens is 3. The summed E-state index contributed by atoms with van der Waals surface area (Å²) in [6.45, 7) is 0. The molecular formula is C24H20F3N5O. The van der Waals surface area contributed by atoms with Crippen LogP contribution in [0.1, 0.15) is 28.8 Å². The van der Waals surface area contributed by atoms with Crippen molar-refractivity contribution in [3.8, 4) is 11.4 Å². The average Bonchev–Trinajstić information content (AvgIpc) is 3.53. The predicted octanol–water partition coefficient (Wildman–Crippen LogP) is 5.48. The van der Waals surface area contributed by atoms with E-state index in [9.17, 15) is 18.0 Å². The van der Waals surface area contributed by atoms with Crippen LogP contribution in [-0.2, 0) is 13.2 Å². The maximum absolute atomic E-state index is 13.0. The van der Waals surface area contributed by atoms with Crippen LogP contribution in [0.25, 0.3) is 22.4 Å². The number of nitrogens with one attached hydrogen (secondary N) is 2. The van der Waals surface area contributed by atoms with Crippen molar-refractivity contribution in [1.82, 2.24) is 14.5 Å². The van der Waals surface area contributed by atoms with Crippen LogP contribution in [0, 0.1) is 0 Å². The molecule has 9 heteroatoms. The van der Waals surface area contributed by atoms with Crippen LogP contribution in [0.2, 0.25) is 0 Å². The minimum Gasteiger partial charge on any atom is -0.365 e. The first-order valence-electron chi connectivity index (χ1n) is 10.5. The van der Waals surface area contributed by atoms with Crippen molar-refractivity contribution in [2.45, 2.75) is 25.1 Å². The van der Waals surface area contributed by atoms with Gasteiger partial charge in [-0.1, -0.05) is 18.2 Å². The molecule has 33 heavy (non-hydrogen) atoms. The van der Waals surface area contributed by atoms with E-state index in [-0.39, 0.29) is 5.56 Å². The number of aromatic nitrogens is 3. The maximum atomic E-state index is 13.0. The highest BCUT2D eigenvalue weighted by molar-refractivity contribution is 6.04. The summed E-state index contributed by atoms with van der Waals surface area (Å²) in [4.78, 5) is 22.0. The first-order valence-corrected chi connectivity index (χ1v) is 10.5. The van der Waals surface area contributed by atoms with Crippen molar-refractivity contribution in [2.24, 2.45) is 7.05 Å². The Labute approximate surface area is 187 Å². The third-order valence-electron chi connectivity index (χ3n) is 5.47. The Hall–Kier alpha value is -3.88. The van der Waals surface area contributed by atoms with Gasteiger partial charge in [0.1, 0.15) is 5.52 Å². The molecule has 2 aromatic carbocycles. The van der Waals surface area contributed by atoms with Gasteiger partial charge in [0, 0.05) is 36.1 Å². The smallest absolute Gasteiger partial charge is 0.365 e. The fourth-order valence-electron chi connectivity index (χ4n) is 3.62. The molecule has 0 saturated heterocycles. The van der Waals surface area contributed by atoms with Gasteiger partial charge in [-0.3, -0.25) is 4.79 Å². The number of rotatable bonds is 5. The normalized spacial score (nSPS) is 13.8. The number of fused-ring (bicyclic) bond motifs is 1. The summed E-state index contributed by atoms with van der Waals surface area (Å²) in [7, 11) is 1.94. The molecule has 2 N–H and O–H groups in total. The van der Waals surface area contributed by atoms with Gasteiger partial charge in [-0.25, -0.2) is 9.97 Å². The van der Waals surface area contributed by atoms with Gasteiger partial charge in [0.25, 0.3) is 5.91 Å². The van der Waals surface area contributed by atoms with E-state index in [0.29, 0.717) is 23.1 Å². The third-order valence-corrected chi connectivity index (χ3v) is 5.47. The number of benzene rings is 2. The Morgan fingerprint density at radius 2 is 1.85 bits per heavy atom. The second kappa shape index (κ2) is 7.91. The van der Waals surface area contributed by atoms with Crippen LogP contribution in [0.3, 0.4) is 0 Å². The van der Waals surface area contributed by atoms with Gasteiger partial charge >= 0.3 is 6.18 Å². The first kappa shape index (κ1) is 21.0. The highest BCUT2D eigenvalue weighted by atomic mass is 19.4. The number of amides is 1. The number of carbonyl (C=O) groups excluding carboxylic acids is 1. The molecule has 0 bridgehead atoms. The molecule has 1 saturated carbocycles. The largest absolute Gasteiger partial charge is 0.416 e. The van der Waals surface area contributed by atoms with Crippen LogP contribution >= 0.6 is 0 Å². The number of aryl methyl sites for hydroxylation is 1. The van der Waals surface area contributed by atoms with Crippen molar-refractivity contribution < 1.29 is 18.0 Å². The number of anilines is 2. The van der Waals surface area contributed by atoms with E-state index < -0.39 is 17.6 Å². The van der Waals surface area contributed by atoms with Gasteiger partial charge in [-0.15, -0.1) is 0 Å². The number of carbonyl (C=O) groups is 1. The average molecular weight is 451 g/mol. The lowest BCUT2D eigenvalue weighted by atomic mass is 10.1. The Morgan fingerprint density at radius 1 is 1.06 bits per heavy atom. The molecular weight excluding hydrogens is 431 g/mol. The van der Waals surface area contributed by atoms with E-state index in [1.54, 1.807) is 18.2 Å². The van der Waals surface area contributed by atoms with Crippen molar-refractivity contribution in [2.75, 3.05) is 10.6 Å². The summed E-state index contributed by atoms with van der Waals surface area (Å²) in [6.07, 6.45) is -0.395. The third kappa shape index (κ3) is 4.39. The molecule has 1 aliphatic carbocycles. The quantitative estimate of drug-likeness (QED) is 0.422. The molecule has 168 valence electrons. The zero-order chi connectivity index (χ0) is 23.2. The summed E-state index contributed by atoms with van der Waals surface area (Å²) in [5.41, 5.74) is 1.88. The number of hydrogen-bond acceptors (Lipinski definition) is 4. The SMILES string of the molecule is Cn1ccc2nc(-c3cccc(NC(=O)c4cccc(C(F)(F)F)c4)c3)nc(NC3CC3)c21. The summed E-state index contributed by atoms with van der Waals surface area (Å²) in [5.74, 6) is 0.615.